The molecule has 0 aromatic heterocycles. The van der Waals surface area contributed by atoms with E-state index in [0.717, 1.165) is 37.9 Å². The average molecular weight is 298 g/mol. The van der Waals surface area contributed by atoms with Crippen molar-refractivity contribution in [3.05, 3.63) is 34.6 Å². The first-order valence-electron chi connectivity index (χ1n) is 7.44. The van der Waals surface area contributed by atoms with Crippen LogP contribution in [0.2, 0.25) is 5.02 Å². The maximum absolute atomic E-state index is 13.1. The highest BCUT2D eigenvalue weighted by molar-refractivity contribution is 6.31. The molecule has 2 nitrogen and oxygen atoms in total. The first-order chi connectivity index (χ1) is 9.60. The van der Waals surface area contributed by atoms with E-state index >= 15 is 0 Å². The molecular weight excluding hydrogens is 277 g/mol. The minimum absolute atomic E-state index is 0.0487. The van der Waals surface area contributed by atoms with Crippen LogP contribution < -0.4 is 5.73 Å². The average Bonchev–Trinajstić information content (AvgIpc) is 2.86. The first-order valence-corrected chi connectivity index (χ1v) is 7.82. The van der Waals surface area contributed by atoms with E-state index < -0.39 is 0 Å². The van der Waals surface area contributed by atoms with Crippen LogP contribution in [0.25, 0.3) is 0 Å². The Kier molecular flexibility index (Phi) is 4.02. The molecule has 0 radical (unpaired) electrons. The minimum atomic E-state index is -0.315. The van der Waals surface area contributed by atoms with E-state index in [1.807, 2.05) is 0 Å². The normalized spacial score (nSPS) is 26.9. The van der Waals surface area contributed by atoms with E-state index in [4.69, 9.17) is 22.1 Å². The monoisotopic (exact) mass is 297 g/mol. The predicted molar refractivity (Wildman–Crippen MR) is 78.2 cm³/mol. The molecule has 1 heterocycles. The molecule has 2 atom stereocenters. The van der Waals surface area contributed by atoms with Gasteiger partial charge in [0.15, 0.2) is 0 Å². The molecule has 1 spiro atoms. The van der Waals surface area contributed by atoms with E-state index in [2.05, 4.69) is 0 Å². The SMILES string of the molecule is NC(c1ccc(F)cc1Cl)C1CCOC2(CCCC2)C1. The van der Waals surface area contributed by atoms with Gasteiger partial charge in [0.2, 0.25) is 0 Å². The third kappa shape index (κ3) is 2.72. The molecule has 3 rings (SSSR count). The maximum Gasteiger partial charge on any atom is 0.124 e. The number of nitrogens with two attached hydrogens (primary N) is 1. The van der Waals surface area contributed by atoms with E-state index in [-0.39, 0.29) is 17.5 Å². The van der Waals surface area contributed by atoms with Gasteiger partial charge in [0.25, 0.3) is 0 Å². The van der Waals surface area contributed by atoms with Crippen LogP contribution in [-0.4, -0.2) is 12.2 Å². The summed E-state index contributed by atoms with van der Waals surface area (Å²) in [6.45, 7) is 0.775. The van der Waals surface area contributed by atoms with Crippen molar-refractivity contribution in [2.45, 2.75) is 50.2 Å². The highest BCUT2D eigenvalue weighted by Crippen LogP contribution is 2.45. The first kappa shape index (κ1) is 14.3. The van der Waals surface area contributed by atoms with Gasteiger partial charge in [0, 0.05) is 17.7 Å². The molecule has 2 fully saturated rings. The second-order valence-electron chi connectivity index (χ2n) is 6.18. The van der Waals surface area contributed by atoms with Crippen molar-refractivity contribution in [3.63, 3.8) is 0 Å². The predicted octanol–water partition coefficient (Wildman–Crippen LogP) is 4.22. The maximum atomic E-state index is 13.1. The fourth-order valence-corrected chi connectivity index (χ4v) is 4.06. The van der Waals surface area contributed by atoms with Gasteiger partial charge < -0.3 is 10.5 Å². The minimum Gasteiger partial charge on any atom is -0.375 e. The van der Waals surface area contributed by atoms with Gasteiger partial charge in [-0.25, -0.2) is 4.39 Å². The topological polar surface area (TPSA) is 35.2 Å². The van der Waals surface area contributed by atoms with Gasteiger partial charge in [0.1, 0.15) is 5.82 Å². The van der Waals surface area contributed by atoms with E-state index in [1.165, 1.54) is 25.0 Å². The number of halogens is 2. The Labute approximate surface area is 124 Å². The lowest BCUT2D eigenvalue weighted by Gasteiger charge is -2.40. The quantitative estimate of drug-likeness (QED) is 0.887. The number of hydrogen-bond donors (Lipinski definition) is 1. The fraction of sp³-hybridized carbons (Fsp3) is 0.625. The van der Waals surface area contributed by atoms with Crippen LogP contribution in [0.4, 0.5) is 4.39 Å². The summed E-state index contributed by atoms with van der Waals surface area (Å²) in [5.74, 6) is 0.0509. The molecule has 1 aromatic carbocycles. The van der Waals surface area contributed by atoms with Crippen molar-refractivity contribution in [1.29, 1.82) is 0 Å². The Morgan fingerprint density at radius 3 is 2.80 bits per heavy atom. The summed E-state index contributed by atoms with van der Waals surface area (Å²) in [4.78, 5) is 0. The van der Waals surface area contributed by atoms with Gasteiger partial charge in [-0.05, 0) is 49.3 Å². The highest BCUT2D eigenvalue weighted by Gasteiger charge is 2.41. The standard InChI is InChI=1S/C16H21ClFNO/c17-14-9-12(18)3-4-13(14)15(19)11-5-8-20-16(10-11)6-1-2-7-16/h3-4,9,11,15H,1-2,5-8,10,19H2. The van der Waals surface area contributed by atoms with E-state index in [0.29, 0.717) is 10.9 Å². The smallest absolute Gasteiger partial charge is 0.124 e. The zero-order chi connectivity index (χ0) is 14.2. The van der Waals surface area contributed by atoms with Gasteiger partial charge in [-0.3, -0.25) is 0 Å². The molecule has 1 aliphatic carbocycles. The molecule has 1 aliphatic heterocycles. The van der Waals surface area contributed by atoms with E-state index in [1.54, 1.807) is 6.07 Å². The van der Waals surface area contributed by atoms with Gasteiger partial charge in [-0.1, -0.05) is 30.5 Å². The van der Waals surface area contributed by atoms with Gasteiger partial charge >= 0.3 is 0 Å². The molecule has 0 amide bonds. The number of ether oxygens (including phenoxy) is 1. The Morgan fingerprint density at radius 1 is 1.35 bits per heavy atom. The molecule has 2 aliphatic rings. The second-order valence-corrected chi connectivity index (χ2v) is 6.59. The lowest BCUT2D eigenvalue weighted by molar-refractivity contribution is -0.0963. The van der Waals surface area contributed by atoms with Crippen LogP contribution in [0.5, 0.6) is 0 Å². The van der Waals surface area contributed by atoms with Crippen molar-refractivity contribution in [3.8, 4) is 0 Å². The molecule has 20 heavy (non-hydrogen) atoms. The number of hydrogen-bond acceptors (Lipinski definition) is 2. The molecule has 110 valence electrons. The Balaban J connectivity index is 1.77. The summed E-state index contributed by atoms with van der Waals surface area (Å²) < 4.78 is 19.2. The summed E-state index contributed by atoms with van der Waals surface area (Å²) in [6.07, 6.45) is 6.75. The molecular formula is C16H21ClFNO. The summed E-state index contributed by atoms with van der Waals surface area (Å²) in [7, 11) is 0. The highest BCUT2D eigenvalue weighted by atomic mass is 35.5. The van der Waals surface area contributed by atoms with E-state index in [9.17, 15) is 4.39 Å². The zero-order valence-electron chi connectivity index (χ0n) is 11.6. The zero-order valence-corrected chi connectivity index (χ0v) is 12.3. The van der Waals surface area contributed by atoms with Crippen molar-refractivity contribution >= 4 is 11.6 Å². The molecule has 2 unspecified atom stereocenters. The van der Waals surface area contributed by atoms with Crippen LogP contribution in [0.1, 0.15) is 50.1 Å². The molecule has 1 aromatic rings. The summed E-state index contributed by atoms with van der Waals surface area (Å²) in [5, 5.41) is 0.435. The number of benzene rings is 1. The van der Waals surface area contributed by atoms with Crippen molar-refractivity contribution < 1.29 is 9.13 Å². The van der Waals surface area contributed by atoms with Crippen LogP contribution in [0.15, 0.2) is 18.2 Å². The van der Waals surface area contributed by atoms with Crippen LogP contribution >= 0.6 is 11.6 Å². The summed E-state index contributed by atoms with van der Waals surface area (Å²) in [6, 6.07) is 4.37. The third-order valence-electron chi connectivity index (χ3n) is 4.88. The lowest BCUT2D eigenvalue weighted by atomic mass is 9.79. The van der Waals surface area contributed by atoms with Gasteiger partial charge in [-0.2, -0.15) is 0 Å². The number of rotatable bonds is 2. The van der Waals surface area contributed by atoms with Crippen molar-refractivity contribution in [1.82, 2.24) is 0 Å². The van der Waals surface area contributed by atoms with Crippen molar-refractivity contribution in [2.75, 3.05) is 6.61 Å². The van der Waals surface area contributed by atoms with Crippen molar-refractivity contribution in [2.24, 2.45) is 11.7 Å². The third-order valence-corrected chi connectivity index (χ3v) is 5.20. The molecule has 4 heteroatoms. The van der Waals surface area contributed by atoms with Gasteiger partial charge in [0.05, 0.1) is 5.60 Å². The lowest BCUT2D eigenvalue weighted by Crippen LogP contribution is -2.40. The van der Waals surface area contributed by atoms with Gasteiger partial charge in [-0.15, -0.1) is 0 Å². The van der Waals surface area contributed by atoms with Crippen LogP contribution in [-0.2, 0) is 4.74 Å². The Bertz CT molecular complexity index is 487. The molecule has 2 N–H and O–H groups in total. The van der Waals surface area contributed by atoms with Crippen LogP contribution in [0.3, 0.4) is 0 Å². The molecule has 1 saturated heterocycles. The van der Waals surface area contributed by atoms with Crippen LogP contribution in [0, 0.1) is 11.7 Å². The second kappa shape index (κ2) is 5.63. The largest absolute Gasteiger partial charge is 0.375 e. The Morgan fingerprint density at radius 2 is 2.10 bits per heavy atom. The summed E-state index contributed by atoms with van der Waals surface area (Å²) >= 11 is 6.14. The summed E-state index contributed by atoms with van der Waals surface area (Å²) in [5.41, 5.74) is 7.31. The Hall–Kier alpha value is -0.640. The molecule has 0 bridgehead atoms. The molecule has 1 saturated carbocycles. The fourth-order valence-electron chi connectivity index (χ4n) is 3.77.